The highest BCUT2D eigenvalue weighted by Crippen LogP contribution is 2.34. The Morgan fingerprint density at radius 1 is 0.672 bits per heavy atom. The molecule has 2 fully saturated rings. The minimum absolute atomic E-state index is 0.0571. The fraction of sp³-hybridized carbons (Fsp3) is 0.571. The fourth-order valence-electron chi connectivity index (χ4n) is 5.71. The van der Waals surface area contributed by atoms with Crippen molar-refractivity contribution in [2.75, 3.05) is 26.4 Å². The van der Waals surface area contributed by atoms with Gasteiger partial charge in [0.05, 0.1) is 46.4 Å². The van der Waals surface area contributed by atoms with Crippen molar-refractivity contribution in [3.8, 4) is 23.6 Å². The Morgan fingerprint density at radius 3 is 1.50 bits per heavy atom. The summed E-state index contributed by atoms with van der Waals surface area (Å²) in [6.07, 6.45) is 4.72. The smallest absolute Gasteiger partial charge is 0.303 e. The molecule has 0 spiro atoms. The lowest BCUT2D eigenvalue weighted by Crippen LogP contribution is -2.22. The van der Waals surface area contributed by atoms with Crippen LogP contribution in [0.1, 0.15) is 62.3 Å². The van der Waals surface area contributed by atoms with Crippen molar-refractivity contribution < 1.29 is 38.0 Å². The van der Waals surface area contributed by atoms with Gasteiger partial charge in [-0.25, -0.2) is 9.97 Å². The molecule has 2 aliphatic carbocycles. The summed E-state index contributed by atoms with van der Waals surface area (Å²) in [5, 5.41) is 19.1. The second-order valence-corrected chi connectivity index (χ2v) is 28.8. The number of imidazole rings is 2. The van der Waals surface area contributed by atoms with Crippen molar-refractivity contribution in [2.24, 2.45) is 11.8 Å². The first kappa shape index (κ1) is 44.4. The maximum absolute atomic E-state index is 11.3. The summed E-state index contributed by atoms with van der Waals surface area (Å²) in [6.45, 7) is 19.9. The minimum atomic E-state index is -1.19. The number of fused-ring (bicyclic) bond motifs is 2. The molecule has 2 aromatic carbocycles. The predicted octanol–water partition coefficient (Wildman–Crippen LogP) is 8.14. The van der Waals surface area contributed by atoms with Gasteiger partial charge in [0.25, 0.3) is 0 Å². The molecule has 0 amide bonds. The van der Waals surface area contributed by atoms with Gasteiger partial charge >= 0.3 is 11.9 Å². The number of benzene rings is 2. The Labute approximate surface area is 343 Å². The zero-order valence-corrected chi connectivity index (χ0v) is 37.3. The molecule has 0 N–H and O–H groups in total. The summed E-state index contributed by atoms with van der Waals surface area (Å²) in [6, 6.07) is 13.7. The number of nitriles is 2. The van der Waals surface area contributed by atoms with Gasteiger partial charge in [-0.3, -0.25) is 9.59 Å². The highest BCUT2D eigenvalue weighted by Gasteiger charge is 2.25. The van der Waals surface area contributed by atoms with Gasteiger partial charge in [-0.05, 0) is 61.7 Å². The summed E-state index contributed by atoms with van der Waals surface area (Å²) < 4.78 is 37.7. The second-order valence-electron chi connectivity index (χ2n) is 17.6. The van der Waals surface area contributed by atoms with Gasteiger partial charge < -0.3 is 37.6 Å². The Bertz CT molecular complexity index is 2130. The van der Waals surface area contributed by atoms with Crippen LogP contribution in [0.25, 0.3) is 22.1 Å². The van der Waals surface area contributed by atoms with Crippen LogP contribution in [-0.4, -0.2) is 73.6 Å². The van der Waals surface area contributed by atoms with Crippen molar-refractivity contribution in [3.05, 3.63) is 47.0 Å². The summed E-state index contributed by atoms with van der Waals surface area (Å²) in [4.78, 5) is 31.7. The number of hydrogen-bond donors (Lipinski definition) is 0. The van der Waals surface area contributed by atoms with Crippen molar-refractivity contribution in [3.63, 3.8) is 0 Å². The molecule has 0 saturated heterocycles. The normalized spacial score (nSPS) is 14.0. The molecule has 0 radical (unpaired) electrons. The molecular weight excluding hydrogens is 773 g/mol. The van der Waals surface area contributed by atoms with Crippen LogP contribution in [0.5, 0.6) is 11.5 Å². The van der Waals surface area contributed by atoms with E-state index in [0.717, 1.165) is 23.1 Å². The summed E-state index contributed by atoms with van der Waals surface area (Å²) in [5.41, 5.74) is 3.88. The van der Waals surface area contributed by atoms with E-state index in [1.165, 1.54) is 39.5 Å². The van der Waals surface area contributed by atoms with E-state index in [1.54, 1.807) is 18.2 Å². The average molecular weight is 831 g/mol. The van der Waals surface area contributed by atoms with Gasteiger partial charge in [-0.2, -0.15) is 10.5 Å². The standard InChI is InChI=1S/2C21H29N3O4Si/c1-15(25)27-13-21-23-18-10-20(28-12-16-5-6-16)17(11-22)9-19(18)24(21)14-26-7-8-29(2,3)4;1-15(25)27-13-21-23-18-9-17(11-22)20(28-12-16-5-6-16)10-19(18)24(21)14-26-7-8-29(2,3)4/h2*9-10,16H,5-8,12-14H2,1-4H3. The first-order chi connectivity index (χ1) is 27.5. The third kappa shape index (κ3) is 13.7. The maximum atomic E-state index is 11.3. The van der Waals surface area contributed by atoms with Gasteiger partial charge in [0, 0.05) is 55.3 Å². The van der Waals surface area contributed by atoms with E-state index < -0.39 is 16.1 Å². The largest absolute Gasteiger partial charge is 0.492 e. The minimum Gasteiger partial charge on any atom is -0.492 e. The molecule has 0 bridgehead atoms. The fourth-order valence-corrected chi connectivity index (χ4v) is 7.22. The Balaban J connectivity index is 0.000000221. The molecule has 312 valence electrons. The lowest BCUT2D eigenvalue weighted by atomic mass is 10.2. The molecular formula is C42H58N6O8Si2. The van der Waals surface area contributed by atoms with Gasteiger partial charge in [0.1, 0.15) is 62.0 Å². The predicted molar refractivity (Wildman–Crippen MR) is 224 cm³/mol. The molecule has 2 aromatic heterocycles. The van der Waals surface area contributed by atoms with Crippen molar-refractivity contribution >= 4 is 50.2 Å². The summed E-state index contributed by atoms with van der Waals surface area (Å²) in [7, 11) is -2.38. The molecule has 2 saturated carbocycles. The van der Waals surface area contributed by atoms with Crippen LogP contribution in [0.2, 0.25) is 51.4 Å². The number of carbonyl (C=O) groups excluding carboxylic acids is 2. The lowest BCUT2D eigenvalue weighted by Gasteiger charge is -2.16. The number of rotatable bonds is 20. The molecule has 0 unspecified atom stereocenters. The quantitative estimate of drug-likeness (QED) is 0.0476. The van der Waals surface area contributed by atoms with Crippen molar-refractivity contribution in [2.45, 2.75) is 118 Å². The van der Waals surface area contributed by atoms with Gasteiger partial charge in [0.2, 0.25) is 0 Å². The van der Waals surface area contributed by atoms with Crippen LogP contribution >= 0.6 is 0 Å². The number of ether oxygens (including phenoxy) is 6. The highest BCUT2D eigenvalue weighted by atomic mass is 28.3. The van der Waals surface area contributed by atoms with E-state index in [2.05, 4.69) is 61.4 Å². The van der Waals surface area contributed by atoms with E-state index in [4.69, 9.17) is 28.4 Å². The van der Waals surface area contributed by atoms with Crippen LogP contribution in [0, 0.1) is 34.5 Å². The van der Waals surface area contributed by atoms with Crippen LogP contribution < -0.4 is 9.47 Å². The van der Waals surface area contributed by atoms with E-state index >= 15 is 0 Å². The van der Waals surface area contributed by atoms with E-state index in [0.29, 0.717) is 97.0 Å². The van der Waals surface area contributed by atoms with Crippen molar-refractivity contribution in [1.29, 1.82) is 10.5 Å². The van der Waals surface area contributed by atoms with Crippen LogP contribution in [0.15, 0.2) is 24.3 Å². The maximum Gasteiger partial charge on any atom is 0.303 e. The third-order valence-electron chi connectivity index (χ3n) is 9.68. The number of esters is 2. The topological polar surface area (TPSA) is 173 Å². The number of aromatic nitrogens is 4. The highest BCUT2D eigenvalue weighted by molar-refractivity contribution is 6.76. The first-order valence-electron chi connectivity index (χ1n) is 20.1. The Kier molecular flexibility index (Phi) is 15.1. The molecule has 58 heavy (non-hydrogen) atoms. The molecule has 2 heterocycles. The van der Waals surface area contributed by atoms with Gasteiger partial charge in [-0.15, -0.1) is 0 Å². The first-order valence-corrected chi connectivity index (χ1v) is 27.5. The van der Waals surface area contributed by atoms with Crippen LogP contribution in [-0.2, 0) is 55.2 Å². The SMILES string of the molecule is CC(=O)OCc1nc2cc(C#N)c(OCC3CC3)cc2n1COCC[Si](C)(C)C.CC(=O)OCc1nc2cc(OCC3CC3)c(C#N)cc2n1COCC[Si](C)(C)C. The van der Waals surface area contributed by atoms with Gasteiger partial charge in [-0.1, -0.05) is 39.3 Å². The molecule has 0 atom stereocenters. The number of hydrogen-bond acceptors (Lipinski definition) is 12. The summed E-state index contributed by atoms with van der Waals surface area (Å²) >= 11 is 0. The molecule has 0 aliphatic heterocycles. The average Bonchev–Trinajstić information content (AvgIpc) is 4.10. The molecule has 4 aromatic rings. The molecule has 2 aliphatic rings. The zero-order valence-electron chi connectivity index (χ0n) is 35.3. The monoisotopic (exact) mass is 830 g/mol. The molecule has 14 nitrogen and oxygen atoms in total. The van der Waals surface area contributed by atoms with E-state index in [1.807, 2.05) is 15.2 Å². The molecule has 6 rings (SSSR count). The summed E-state index contributed by atoms with van der Waals surface area (Å²) in [5.74, 6) is 2.74. The Hall–Kier alpha value is -4.75. The van der Waals surface area contributed by atoms with Gasteiger partial charge in [0.15, 0.2) is 0 Å². The Morgan fingerprint density at radius 2 is 1.09 bits per heavy atom. The second kappa shape index (κ2) is 19.8. The van der Waals surface area contributed by atoms with E-state index in [9.17, 15) is 20.1 Å². The van der Waals surface area contributed by atoms with Crippen LogP contribution in [0.4, 0.5) is 0 Å². The molecule has 16 heteroatoms. The number of carbonyl (C=O) groups is 2. The number of nitrogens with zero attached hydrogens (tertiary/aromatic N) is 6. The third-order valence-corrected chi connectivity index (χ3v) is 13.1. The van der Waals surface area contributed by atoms with Crippen LogP contribution in [0.3, 0.4) is 0 Å². The van der Waals surface area contributed by atoms with Crippen molar-refractivity contribution in [1.82, 2.24) is 19.1 Å². The lowest BCUT2D eigenvalue weighted by molar-refractivity contribution is -0.143. The zero-order chi connectivity index (χ0) is 42.0. The van der Waals surface area contributed by atoms with E-state index in [-0.39, 0.29) is 25.2 Å².